The minimum Gasteiger partial charge on any atom is -0.491 e. The molecule has 1 aromatic heterocycles. The van der Waals surface area contributed by atoms with Gasteiger partial charge in [-0.15, -0.1) is 0 Å². The predicted molar refractivity (Wildman–Crippen MR) is 141 cm³/mol. The molecule has 7 nitrogen and oxygen atoms in total. The first kappa shape index (κ1) is 26.2. The summed E-state index contributed by atoms with van der Waals surface area (Å²) in [6.45, 7) is 5.43. The summed E-state index contributed by atoms with van der Waals surface area (Å²) in [6.07, 6.45) is 3.23. The van der Waals surface area contributed by atoms with Crippen LogP contribution in [-0.4, -0.2) is 66.0 Å². The molecule has 0 unspecified atom stereocenters. The molecule has 39 heavy (non-hydrogen) atoms. The number of aromatic nitrogens is 1. The van der Waals surface area contributed by atoms with E-state index >= 15 is 0 Å². The largest absolute Gasteiger partial charge is 0.491 e. The number of likely N-dealkylation sites (tertiary alicyclic amines) is 1. The number of aromatic amines is 1. The lowest BCUT2D eigenvalue weighted by Gasteiger charge is -2.54. The molecule has 0 amide bonds. The number of aromatic carboxylic acids is 1. The summed E-state index contributed by atoms with van der Waals surface area (Å²) in [7, 11) is 0. The van der Waals surface area contributed by atoms with Gasteiger partial charge in [-0.25, -0.2) is 13.6 Å². The van der Waals surface area contributed by atoms with Crippen molar-refractivity contribution in [3.05, 3.63) is 64.8 Å². The van der Waals surface area contributed by atoms with Crippen LogP contribution in [0.4, 0.5) is 8.78 Å². The van der Waals surface area contributed by atoms with Gasteiger partial charge < -0.3 is 24.3 Å². The van der Waals surface area contributed by atoms with E-state index in [1.165, 1.54) is 0 Å². The summed E-state index contributed by atoms with van der Waals surface area (Å²) in [4.78, 5) is 17.1. The normalized spacial score (nSPS) is 22.5. The van der Waals surface area contributed by atoms with Crippen LogP contribution in [0.25, 0.3) is 10.9 Å². The van der Waals surface area contributed by atoms with E-state index in [-0.39, 0.29) is 36.0 Å². The first-order valence-electron chi connectivity index (χ1n) is 13.6. The lowest BCUT2D eigenvalue weighted by Crippen LogP contribution is -2.53. The average molecular weight is 541 g/mol. The number of H-pyrrole nitrogens is 1. The van der Waals surface area contributed by atoms with E-state index in [4.69, 9.17) is 14.2 Å². The molecule has 9 heteroatoms. The predicted octanol–water partition coefficient (Wildman–Crippen LogP) is 5.72. The number of carbonyl (C=O) groups is 1. The number of carboxylic acid groups (broad SMARTS) is 1. The van der Waals surface area contributed by atoms with Crippen LogP contribution in [0.5, 0.6) is 5.75 Å². The molecule has 1 saturated carbocycles. The van der Waals surface area contributed by atoms with Crippen LogP contribution in [0.1, 0.15) is 58.8 Å². The number of hydrogen-bond acceptors (Lipinski definition) is 5. The zero-order valence-electron chi connectivity index (χ0n) is 22.1. The van der Waals surface area contributed by atoms with Crippen molar-refractivity contribution in [3.63, 3.8) is 0 Å². The Morgan fingerprint density at radius 2 is 1.95 bits per heavy atom. The molecule has 3 aromatic rings. The third kappa shape index (κ3) is 5.27. The van der Waals surface area contributed by atoms with Crippen LogP contribution < -0.4 is 4.74 Å². The standard InChI is InChI=1S/C30H34F2N2O5/c1-19-12-26(39-11-10-38-22-15-37-16-22)24(23-6-8-33-27(19)23)14-34-9-7-29(17-30(31,32)18-29)13-25(34)20-2-4-21(5-3-20)28(35)36/h2-6,8,12,22,25,33H,7,9-11,13-18H2,1H3,(H,35,36)/t25-/m0/s1. The Bertz CT molecular complexity index is 1340. The van der Waals surface area contributed by atoms with Gasteiger partial charge in [-0.3, -0.25) is 4.90 Å². The lowest BCUT2D eigenvalue weighted by atomic mass is 9.59. The molecule has 3 fully saturated rings. The molecule has 2 N–H and O–H groups in total. The molecule has 208 valence electrons. The zero-order chi connectivity index (χ0) is 27.2. The molecule has 3 heterocycles. The SMILES string of the molecule is Cc1cc(OCCOC2COC2)c(CN2CCC3(C[C@H]2c2ccc(C(=O)O)cc2)CC(F)(F)C3)c2cc[nH]c12. The van der Waals surface area contributed by atoms with E-state index in [0.717, 1.165) is 33.3 Å². The summed E-state index contributed by atoms with van der Waals surface area (Å²) in [5, 5.41) is 10.4. The molecule has 2 aliphatic heterocycles. The summed E-state index contributed by atoms with van der Waals surface area (Å²) in [6, 6.07) is 10.9. The van der Waals surface area contributed by atoms with Gasteiger partial charge in [-0.1, -0.05) is 12.1 Å². The van der Waals surface area contributed by atoms with Crippen LogP contribution in [0.15, 0.2) is 42.6 Å². The molecule has 2 saturated heterocycles. The van der Waals surface area contributed by atoms with Gasteiger partial charge >= 0.3 is 5.97 Å². The Hall–Kier alpha value is -3.01. The van der Waals surface area contributed by atoms with Crippen LogP contribution >= 0.6 is 0 Å². The summed E-state index contributed by atoms with van der Waals surface area (Å²) < 4.78 is 45.3. The van der Waals surface area contributed by atoms with Crippen LogP contribution in [0, 0.1) is 12.3 Å². The molecule has 1 aliphatic carbocycles. The Kier molecular flexibility index (Phi) is 6.85. The highest BCUT2D eigenvalue weighted by Crippen LogP contribution is 2.60. The molecule has 3 aliphatic rings. The van der Waals surface area contributed by atoms with E-state index < -0.39 is 11.9 Å². The Balaban J connectivity index is 1.28. The van der Waals surface area contributed by atoms with Crippen LogP contribution in [0.3, 0.4) is 0 Å². The number of halogens is 2. The van der Waals surface area contributed by atoms with Gasteiger partial charge in [0.15, 0.2) is 0 Å². The third-order valence-corrected chi connectivity index (χ3v) is 8.58. The fourth-order valence-corrected chi connectivity index (χ4v) is 6.52. The number of carboxylic acids is 1. The molecule has 6 rings (SSSR count). The van der Waals surface area contributed by atoms with Gasteiger partial charge in [0.25, 0.3) is 0 Å². The maximum absolute atomic E-state index is 14.0. The van der Waals surface area contributed by atoms with E-state index in [0.29, 0.717) is 52.4 Å². The Morgan fingerprint density at radius 1 is 1.18 bits per heavy atom. The van der Waals surface area contributed by atoms with Gasteiger partial charge in [-0.2, -0.15) is 0 Å². The van der Waals surface area contributed by atoms with Gasteiger partial charge in [0.1, 0.15) is 18.5 Å². The summed E-state index contributed by atoms with van der Waals surface area (Å²) in [5.74, 6) is -2.78. The minimum absolute atomic E-state index is 0.0788. The molecular weight excluding hydrogens is 506 g/mol. The molecule has 2 aromatic carbocycles. The fourth-order valence-electron chi connectivity index (χ4n) is 6.52. The number of alkyl halides is 2. The van der Waals surface area contributed by atoms with E-state index in [9.17, 15) is 18.7 Å². The lowest BCUT2D eigenvalue weighted by molar-refractivity contribution is -0.186. The maximum Gasteiger partial charge on any atom is 0.335 e. The number of benzene rings is 2. The van der Waals surface area contributed by atoms with Gasteiger partial charge in [0.2, 0.25) is 5.92 Å². The number of hydrogen-bond donors (Lipinski definition) is 2. The van der Waals surface area contributed by atoms with Crippen molar-refractivity contribution >= 4 is 16.9 Å². The first-order valence-corrected chi connectivity index (χ1v) is 13.6. The number of rotatable bonds is 9. The van der Waals surface area contributed by atoms with Crippen molar-refractivity contribution in [3.8, 4) is 5.75 Å². The number of fused-ring (bicyclic) bond motifs is 1. The number of piperidine rings is 1. The zero-order valence-corrected chi connectivity index (χ0v) is 22.1. The third-order valence-electron chi connectivity index (χ3n) is 8.58. The van der Waals surface area contributed by atoms with E-state index in [2.05, 4.69) is 22.0 Å². The number of nitrogens with one attached hydrogen (secondary N) is 1. The van der Waals surface area contributed by atoms with E-state index in [1.54, 1.807) is 12.1 Å². The quantitative estimate of drug-likeness (QED) is 0.338. The molecule has 1 atom stereocenters. The van der Waals surface area contributed by atoms with Crippen LogP contribution in [0.2, 0.25) is 0 Å². The van der Waals surface area contributed by atoms with Gasteiger partial charge in [0, 0.05) is 48.1 Å². The van der Waals surface area contributed by atoms with Crippen molar-refractivity contribution in [2.24, 2.45) is 5.41 Å². The van der Waals surface area contributed by atoms with Crippen molar-refractivity contribution in [1.29, 1.82) is 0 Å². The smallest absolute Gasteiger partial charge is 0.335 e. The average Bonchev–Trinajstić information content (AvgIpc) is 3.35. The minimum atomic E-state index is -2.59. The highest BCUT2D eigenvalue weighted by Gasteiger charge is 2.58. The first-order chi connectivity index (χ1) is 18.7. The van der Waals surface area contributed by atoms with E-state index in [1.807, 2.05) is 25.3 Å². The highest BCUT2D eigenvalue weighted by molar-refractivity contribution is 5.88. The van der Waals surface area contributed by atoms with Gasteiger partial charge in [0.05, 0.1) is 25.4 Å². The number of nitrogens with zero attached hydrogens (tertiary/aromatic N) is 1. The number of aryl methyl sites for hydroxylation is 1. The second-order valence-corrected chi connectivity index (χ2v) is 11.4. The monoisotopic (exact) mass is 540 g/mol. The summed E-state index contributed by atoms with van der Waals surface area (Å²) >= 11 is 0. The maximum atomic E-state index is 14.0. The Labute approximate surface area is 226 Å². The fraction of sp³-hybridized carbons (Fsp3) is 0.500. The number of ether oxygens (including phenoxy) is 3. The second kappa shape index (κ2) is 10.2. The molecule has 1 spiro atoms. The topological polar surface area (TPSA) is 84.0 Å². The second-order valence-electron chi connectivity index (χ2n) is 11.4. The highest BCUT2D eigenvalue weighted by atomic mass is 19.3. The van der Waals surface area contributed by atoms with Crippen molar-refractivity contribution in [2.75, 3.05) is 33.0 Å². The van der Waals surface area contributed by atoms with Crippen molar-refractivity contribution < 1.29 is 32.9 Å². The molecule has 0 bridgehead atoms. The van der Waals surface area contributed by atoms with Crippen LogP contribution in [-0.2, 0) is 16.0 Å². The summed E-state index contributed by atoms with van der Waals surface area (Å²) in [5.41, 5.74) is 3.96. The molecule has 0 radical (unpaired) electrons. The van der Waals surface area contributed by atoms with Crippen molar-refractivity contribution in [2.45, 2.75) is 57.2 Å². The van der Waals surface area contributed by atoms with Gasteiger partial charge in [-0.05, 0) is 67.1 Å². The Morgan fingerprint density at radius 3 is 2.62 bits per heavy atom. The van der Waals surface area contributed by atoms with Crippen molar-refractivity contribution in [1.82, 2.24) is 9.88 Å². The molecular formula is C30H34F2N2O5.